The van der Waals surface area contributed by atoms with Gasteiger partial charge in [-0.2, -0.15) is 0 Å². The molecule has 1 N–H and O–H groups in total. The Morgan fingerprint density at radius 1 is 1.29 bits per heavy atom. The maximum absolute atomic E-state index is 12.4. The highest BCUT2D eigenvalue weighted by atomic mass is 32.2. The van der Waals surface area contributed by atoms with E-state index in [0.29, 0.717) is 16.5 Å². The Bertz CT molecular complexity index is 1000. The Balaban J connectivity index is 1.55. The minimum atomic E-state index is -0.238. The highest BCUT2D eigenvalue weighted by molar-refractivity contribution is 8.00. The van der Waals surface area contributed by atoms with Gasteiger partial charge in [-0.25, -0.2) is 9.97 Å². The number of hydrogen-bond donors (Lipinski definition) is 1. The average Bonchev–Trinajstić information content (AvgIpc) is 3.32. The van der Waals surface area contributed by atoms with Crippen LogP contribution in [-0.2, 0) is 0 Å². The summed E-state index contributed by atoms with van der Waals surface area (Å²) in [5, 5.41) is 5.30. The molecule has 0 fully saturated rings. The number of thioether (sulfide) groups is 1. The highest BCUT2D eigenvalue weighted by Crippen LogP contribution is 2.30. The largest absolute Gasteiger partial charge is 0.462 e. The molecule has 0 unspecified atom stereocenters. The third-order valence-electron chi connectivity index (χ3n) is 3.27. The Kier molecular flexibility index (Phi) is 4.09. The molecule has 4 rings (SSSR count). The van der Waals surface area contributed by atoms with Crippen LogP contribution in [0.3, 0.4) is 0 Å². The monoisotopic (exact) mass is 373 g/mol. The molecule has 24 heavy (non-hydrogen) atoms. The summed E-state index contributed by atoms with van der Waals surface area (Å²) in [6, 6.07) is 9.32. The van der Waals surface area contributed by atoms with Crippen molar-refractivity contribution in [2.45, 2.75) is 4.34 Å². The van der Waals surface area contributed by atoms with Crippen molar-refractivity contribution >= 4 is 56.2 Å². The van der Waals surface area contributed by atoms with E-state index in [1.54, 1.807) is 40.8 Å². The first kappa shape index (κ1) is 15.4. The van der Waals surface area contributed by atoms with Crippen LogP contribution in [0.2, 0.25) is 0 Å². The molecule has 0 aliphatic heterocycles. The quantitative estimate of drug-likeness (QED) is 0.511. The lowest BCUT2D eigenvalue weighted by Gasteiger charge is -2.02. The molecule has 0 spiro atoms. The summed E-state index contributed by atoms with van der Waals surface area (Å²) in [6.45, 7) is 0. The lowest BCUT2D eigenvalue weighted by molar-refractivity contribution is 0.102. The number of thiazole rings is 2. The fourth-order valence-corrected chi connectivity index (χ4v) is 4.45. The zero-order valence-electron chi connectivity index (χ0n) is 12.5. The second-order valence-corrected chi connectivity index (χ2v) is 7.78. The van der Waals surface area contributed by atoms with Gasteiger partial charge in [0.25, 0.3) is 5.91 Å². The summed E-state index contributed by atoms with van der Waals surface area (Å²) < 4.78 is 7.36. The van der Waals surface area contributed by atoms with Gasteiger partial charge in [-0.15, -0.1) is 22.7 Å². The molecule has 0 atom stereocenters. The van der Waals surface area contributed by atoms with Crippen LogP contribution in [0.1, 0.15) is 10.5 Å². The summed E-state index contributed by atoms with van der Waals surface area (Å²) in [5.41, 5.74) is 2.05. The minimum absolute atomic E-state index is 0.238. The van der Waals surface area contributed by atoms with E-state index >= 15 is 0 Å². The number of rotatable bonds is 4. The second kappa shape index (κ2) is 6.39. The molecule has 0 radical (unpaired) electrons. The minimum Gasteiger partial charge on any atom is -0.462 e. The lowest BCUT2D eigenvalue weighted by atomic mass is 10.3. The lowest BCUT2D eigenvalue weighted by Crippen LogP contribution is -2.12. The van der Waals surface area contributed by atoms with Crippen LogP contribution in [0.5, 0.6) is 0 Å². The third-order valence-corrected chi connectivity index (χ3v) is 6.13. The van der Waals surface area contributed by atoms with Gasteiger partial charge >= 0.3 is 0 Å². The number of fused-ring (bicyclic) bond motifs is 1. The van der Waals surface area contributed by atoms with Crippen molar-refractivity contribution in [2.24, 2.45) is 0 Å². The molecule has 3 aromatic heterocycles. The van der Waals surface area contributed by atoms with Gasteiger partial charge in [-0.1, -0.05) is 11.8 Å². The standard InChI is InChI=1S/C16H11N3O2S3/c1-22-16-19-10-5-4-9(7-13(10)24-16)17-14(20)11-8-23-15(18-11)12-3-2-6-21-12/h2-8H,1H3,(H,17,20). The molecule has 0 aliphatic carbocycles. The molecular weight excluding hydrogens is 362 g/mol. The smallest absolute Gasteiger partial charge is 0.275 e. The van der Waals surface area contributed by atoms with Crippen molar-refractivity contribution in [3.8, 4) is 10.8 Å². The van der Waals surface area contributed by atoms with Gasteiger partial charge in [0.05, 0.1) is 16.5 Å². The normalized spacial score (nSPS) is 11.0. The number of furan rings is 1. The van der Waals surface area contributed by atoms with Gasteiger partial charge in [0.2, 0.25) is 0 Å². The number of aromatic nitrogens is 2. The molecule has 3 heterocycles. The van der Waals surface area contributed by atoms with E-state index in [9.17, 15) is 4.79 Å². The van der Waals surface area contributed by atoms with Gasteiger partial charge in [-0.05, 0) is 36.6 Å². The third kappa shape index (κ3) is 2.95. The van der Waals surface area contributed by atoms with Gasteiger partial charge < -0.3 is 9.73 Å². The van der Waals surface area contributed by atoms with Gasteiger partial charge in [-0.3, -0.25) is 4.79 Å². The van der Waals surface area contributed by atoms with E-state index in [0.717, 1.165) is 20.2 Å². The fourth-order valence-electron chi connectivity index (χ4n) is 2.16. The predicted octanol–water partition coefficient (Wildman–Crippen LogP) is 4.99. The van der Waals surface area contributed by atoms with Crippen LogP contribution in [0.4, 0.5) is 5.69 Å². The van der Waals surface area contributed by atoms with Gasteiger partial charge in [0.1, 0.15) is 5.69 Å². The van der Waals surface area contributed by atoms with Crippen molar-refractivity contribution in [1.29, 1.82) is 0 Å². The number of nitrogens with zero attached hydrogens (tertiary/aromatic N) is 2. The number of nitrogens with one attached hydrogen (secondary N) is 1. The van der Waals surface area contributed by atoms with Gasteiger partial charge in [0.15, 0.2) is 15.1 Å². The van der Waals surface area contributed by atoms with E-state index in [4.69, 9.17) is 4.42 Å². The highest BCUT2D eigenvalue weighted by Gasteiger charge is 2.14. The summed E-state index contributed by atoms with van der Waals surface area (Å²) in [4.78, 5) is 21.2. The van der Waals surface area contributed by atoms with E-state index < -0.39 is 0 Å². The number of anilines is 1. The molecule has 5 nitrogen and oxygen atoms in total. The number of hydrogen-bond acceptors (Lipinski definition) is 7. The van der Waals surface area contributed by atoms with Crippen LogP contribution in [-0.4, -0.2) is 22.1 Å². The van der Waals surface area contributed by atoms with E-state index in [2.05, 4.69) is 15.3 Å². The van der Waals surface area contributed by atoms with Crippen molar-refractivity contribution in [1.82, 2.24) is 9.97 Å². The SMILES string of the molecule is CSc1nc2ccc(NC(=O)c3csc(-c4ccco4)n3)cc2s1. The summed E-state index contributed by atoms with van der Waals surface area (Å²) in [5.74, 6) is 0.424. The molecule has 0 aliphatic rings. The molecule has 8 heteroatoms. The van der Waals surface area contributed by atoms with Crippen LogP contribution >= 0.6 is 34.4 Å². The Morgan fingerprint density at radius 2 is 2.21 bits per heavy atom. The van der Waals surface area contributed by atoms with Crippen molar-refractivity contribution in [2.75, 3.05) is 11.6 Å². The average molecular weight is 373 g/mol. The van der Waals surface area contributed by atoms with E-state index in [1.807, 2.05) is 30.5 Å². The summed E-state index contributed by atoms with van der Waals surface area (Å²) in [7, 11) is 0. The molecule has 0 saturated heterocycles. The molecular formula is C16H11N3O2S3. The Labute approximate surface area is 149 Å². The molecule has 0 bridgehead atoms. The maximum Gasteiger partial charge on any atom is 0.275 e. The predicted molar refractivity (Wildman–Crippen MR) is 99.2 cm³/mol. The fraction of sp³-hybridized carbons (Fsp3) is 0.0625. The van der Waals surface area contributed by atoms with Crippen LogP contribution < -0.4 is 5.32 Å². The van der Waals surface area contributed by atoms with E-state index in [1.165, 1.54) is 11.3 Å². The van der Waals surface area contributed by atoms with Crippen molar-refractivity contribution in [3.63, 3.8) is 0 Å². The molecule has 4 aromatic rings. The Hall–Kier alpha value is -2.16. The van der Waals surface area contributed by atoms with E-state index in [-0.39, 0.29) is 5.91 Å². The molecule has 0 saturated carbocycles. The number of carbonyl (C=O) groups is 1. The summed E-state index contributed by atoms with van der Waals surface area (Å²) in [6.07, 6.45) is 3.59. The first-order valence-corrected chi connectivity index (χ1v) is 9.90. The zero-order valence-corrected chi connectivity index (χ0v) is 14.9. The van der Waals surface area contributed by atoms with Crippen LogP contribution in [0.25, 0.3) is 21.0 Å². The van der Waals surface area contributed by atoms with Crippen molar-refractivity contribution in [3.05, 3.63) is 47.7 Å². The van der Waals surface area contributed by atoms with Gasteiger partial charge in [0, 0.05) is 11.1 Å². The number of carbonyl (C=O) groups excluding carboxylic acids is 1. The molecule has 1 aromatic carbocycles. The molecule has 120 valence electrons. The summed E-state index contributed by atoms with van der Waals surface area (Å²) >= 11 is 4.61. The molecule has 1 amide bonds. The van der Waals surface area contributed by atoms with Crippen LogP contribution in [0.15, 0.2) is 50.7 Å². The number of benzene rings is 1. The van der Waals surface area contributed by atoms with Crippen LogP contribution in [0, 0.1) is 0 Å². The maximum atomic E-state index is 12.4. The number of amides is 1. The Morgan fingerprint density at radius 3 is 3.00 bits per heavy atom. The topological polar surface area (TPSA) is 68.0 Å². The zero-order chi connectivity index (χ0) is 16.5. The first-order valence-electron chi connectivity index (χ1n) is 6.98. The second-order valence-electron chi connectivity index (χ2n) is 4.84. The van der Waals surface area contributed by atoms with Crippen molar-refractivity contribution < 1.29 is 9.21 Å². The first-order chi connectivity index (χ1) is 11.7.